The van der Waals surface area contributed by atoms with Crippen LogP contribution in [-0.4, -0.2) is 18.4 Å². The number of anilines is 1. The van der Waals surface area contributed by atoms with Crippen molar-refractivity contribution in [2.24, 2.45) is 5.73 Å². The van der Waals surface area contributed by atoms with Gasteiger partial charge in [-0.25, -0.2) is 0 Å². The van der Waals surface area contributed by atoms with Crippen LogP contribution in [0.3, 0.4) is 0 Å². The number of ether oxygens (including phenoxy) is 1. The average Bonchev–Trinajstić information content (AvgIpc) is 3.02. The lowest BCUT2D eigenvalue weighted by Gasteiger charge is -2.10. The van der Waals surface area contributed by atoms with Crippen molar-refractivity contribution in [2.45, 2.75) is 20.3 Å². The molecule has 3 aromatic rings. The fourth-order valence-electron chi connectivity index (χ4n) is 3.09. The van der Waals surface area contributed by atoms with Crippen molar-refractivity contribution in [1.29, 1.82) is 0 Å². The Morgan fingerprint density at radius 3 is 2.48 bits per heavy atom. The number of nitrogens with one attached hydrogen (secondary N) is 1. The summed E-state index contributed by atoms with van der Waals surface area (Å²) in [5.41, 5.74) is 8.90. The summed E-state index contributed by atoms with van der Waals surface area (Å²) in [4.78, 5) is 25.2. The third-order valence-corrected chi connectivity index (χ3v) is 6.14. The summed E-state index contributed by atoms with van der Waals surface area (Å²) in [7, 11) is 0. The van der Waals surface area contributed by atoms with Gasteiger partial charge in [0.1, 0.15) is 10.8 Å². The Balaban J connectivity index is 1.68. The molecule has 3 rings (SSSR count). The van der Waals surface area contributed by atoms with Gasteiger partial charge in [0.05, 0.1) is 10.0 Å². The van der Waals surface area contributed by atoms with Gasteiger partial charge in [0.25, 0.3) is 11.8 Å². The first-order valence-corrected chi connectivity index (χ1v) is 10.7. The zero-order valence-electron chi connectivity index (χ0n) is 16.1. The molecular formula is C22H21BrN2O3S. The molecule has 0 aliphatic rings. The number of rotatable bonds is 7. The summed E-state index contributed by atoms with van der Waals surface area (Å²) in [6, 6.07) is 15.7. The molecule has 0 saturated heterocycles. The minimum atomic E-state index is -0.540. The Labute approximate surface area is 182 Å². The number of carbonyl (C=O) groups is 2. The largest absolute Gasteiger partial charge is 0.483 e. The molecule has 0 unspecified atom stereocenters. The van der Waals surface area contributed by atoms with E-state index in [4.69, 9.17) is 10.5 Å². The Bertz CT molecular complexity index is 1050. The minimum absolute atomic E-state index is 0.181. The molecule has 150 valence electrons. The molecule has 2 amide bonds. The molecule has 5 nitrogen and oxygen atoms in total. The summed E-state index contributed by atoms with van der Waals surface area (Å²) < 4.78 is 6.41. The van der Waals surface area contributed by atoms with E-state index in [0.717, 1.165) is 26.0 Å². The van der Waals surface area contributed by atoms with Crippen LogP contribution in [0, 0.1) is 6.92 Å². The Morgan fingerprint density at radius 1 is 1.14 bits per heavy atom. The van der Waals surface area contributed by atoms with E-state index < -0.39 is 5.91 Å². The second kappa shape index (κ2) is 9.24. The smallest absolute Gasteiger partial charge is 0.262 e. The van der Waals surface area contributed by atoms with Crippen molar-refractivity contribution in [1.82, 2.24) is 0 Å². The van der Waals surface area contributed by atoms with Crippen molar-refractivity contribution in [3.8, 4) is 16.9 Å². The average molecular weight is 473 g/mol. The molecule has 0 atom stereocenters. The number of carbonyl (C=O) groups excluding carboxylic acids is 2. The molecule has 3 N–H and O–H groups in total. The number of halogens is 1. The second-order valence-electron chi connectivity index (χ2n) is 6.41. The van der Waals surface area contributed by atoms with E-state index in [2.05, 4.69) is 21.2 Å². The molecule has 0 bridgehead atoms. The Morgan fingerprint density at radius 2 is 1.86 bits per heavy atom. The number of amides is 2. The number of nitrogens with two attached hydrogens (primary N) is 1. The van der Waals surface area contributed by atoms with Gasteiger partial charge in [-0.3, -0.25) is 9.59 Å². The van der Waals surface area contributed by atoms with Crippen LogP contribution in [0.1, 0.15) is 27.7 Å². The SMILES string of the molecule is CCc1c(C)sc(NC(=O)COc2ccc(-c3ccccc3)cc2Br)c1C(N)=O. The number of hydrogen-bond acceptors (Lipinski definition) is 4. The lowest BCUT2D eigenvalue weighted by atomic mass is 10.1. The highest BCUT2D eigenvalue weighted by Gasteiger charge is 2.20. The van der Waals surface area contributed by atoms with Crippen LogP contribution in [0.15, 0.2) is 53.0 Å². The summed E-state index contributed by atoms with van der Waals surface area (Å²) in [5, 5.41) is 3.22. The maximum atomic E-state index is 12.4. The lowest BCUT2D eigenvalue weighted by Crippen LogP contribution is -2.22. The molecule has 7 heteroatoms. The van der Waals surface area contributed by atoms with Crippen LogP contribution in [0.5, 0.6) is 5.75 Å². The molecule has 2 aromatic carbocycles. The summed E-state index contributed by atoms with van der Waals surface area (Å²) in [6.07, 6.45) is 0.674. The van der Waals surface area contributed by atoms with E-state index >= 15 is 0 Å². The van der Waals surface area contributed by atoms with Gasteiger partial charge >= 0.3 is 0 Å². The van der Waals surface area contributed by atoms with Crippen molar-refractivity contribution in [2.75, 3.05) is 11.9 Å². The second-order valence-corrected chi connectivity index (χ2v) is 8.49. The van der Waals surface area contributed by atoms with E-state index in [1.165, 1.54) is 11.3 Å². The zero-order valence-corrected chi connectivity index (χ0v) is 18.5. The van der Waals surface area contributed by atoms with Gasteiger partial charge in [-0.15, -0.1) is 11.3 Å². The highest BCUT2D eigenvalue weighted by atomic mass is 79.9. The predicted molar refractivity (Wildman–Crippen MR) is 121 cm³/mol. The van der Waals surface area contributed by atoms with Gasteiger partial charge in [-0.1, -0.05) is 43.3 Å². The molecular weight excluding hydrogens is 452 g/mol. The standard InChI is InChI=1S/C22H21BrN2O3S/c1-3-16-13(2)29-22(20(16)21(24)27)25-19(26)12-28-18-10-9-15(11-17(18)23)14-7-5-4-6-8-14/h4-11H,3,12H2,1-2H3,(H2,24,27)(H,25,26). The van der Waals surface area contributed by atoms with Crippen LogP contribution >= 0.6 is 27.3 Å². The topological polar surface area (TPSA) is 81.4 Å². The minimum Gasteiger partial charge on any atom is -0.483 e. The number of thiophene rings is 1. The molecule has 0 spiro atoms. The van der Waals surface area contributed by atoms with Gasteiger partial charge in [-0.05, 0) is 58.1 Å². The van der Waals surface area contributed by atoms with E-state index in [1.54, 1.807) is 0 Å². The first-order chi connectivity index (χ1) is 13.9. The molecule has 0 aliphatic carbocycles. The predicted octanol–water partition coefficient (Wildman–Crippen LogP) is 5.16. The van der Waals surface area contributed by atoms with Crippen molar-refractivity contribution < 1.29 is 14.3 Å². The fraction of sp³-hybridized carbons (Fsp3) is 0.182. The maximum absolute atomic E-state index is 12.4. The fourth-order valence-corrected chi connectivity index (χ4v) is 4.75. The van der Waals surface area contributed by atoms with Crippen LogP contribution in [-0.2, 0) is 11.2 Å². The molecule has 0 radical (unpaired) electrons. The summed E-state index contributed by atoms with van der Waals surface area (Å²) in [5.74, 6) is -0.330. The van der Waals surface area contributed by atoms with Gasteiger partial charge in [0.2, 0.25) is 0 Å². The monoisotopic (exact) mass is 472 g/mol. The summed E-state index contributed by atoms with van der Waals surface area (Å²) in [6.45, 7) is 3.68. The van der Waals surface area contributed by atoms with Gasteiger partial charge < -0.3 is 15.8 Å². The molecule has 0 fully saturated rings. The molecule has 1 heterocycles. The Kier molecular flexibility index (Phi) is 6.71. The molecule has 1 aromatic heterocycles. The number of benzene rings is 2. The lowest BCUT2D eigenvalue weighted by molar-refractivity contribution is -0.118. The molecule has 0 saturated carbocycles. The number of primary amides is 1. The van der Waals surface area contributed by atoms with Crippen LogP contribution < -0.4 is 15.8 Å². The highest BCUT2D eigenvalue weighted by Crippen LogP contribution is 2.33. The third-order valence-electron chi connectivity index (χ3n) is 4.46. The molecule has 29 heavy (non-hydrogen) atoms. The van der Waals surface area contributed by atoms with E-state index in [1.807, 2.05) is 62.4 Å². The van der Waals surface area contributed by atoms with Crippen LogP contribution in [0.4, 0.5) is 5.00 Å². The van der Waals surface area contributed by atoms with Crippen LogP contribution in [0.2, 0.25) is 0 Å². The van der Waals surface area contributed by atoms with E-state index in [0.29, 0.717) is 22.7 Å². The van der Waals surface area contributed by atoms with E-state index in [-0.39, 0.29) is 12.5 Å². The normalized spacial score (nSPS) is 10.6. The van der Waals surface area contributed by atoms with Crippen molar-refractivity contribution in [3.63, 3.8) is 0 Å². The Hall–Kier alpha value is -2.64. The third kappa shape index (κ3) is 4.86. The van der Waals surface area contributed by atoms with Crippen LogP contribution in [0.25, 0.3) is 11.1 Å². The first-order valence-electron chi connectivity index (χ1n) is 9.10. The van der Waals surface area contributed by atoms with Crippen molar-refractivity contribution in [3.05, 3.63) is 69.0 Å². The van der Waals surface area contributed by atoms with Gasteiger partial charge in [0.15, 0.2) is 6.61 Å². The quantitative estimate of drug-likeness (QED) is 0.497. The number of hydrogen-bond donors (Lipinski definition) is 2. The highest BCUT2D eigenvalue weighted by molar-refractivity contribution is 9.10. The first kappa shape index (κ1) is 21.1. The number of aryl methyl sites for hydroxylation is 1. The summed E-state index contributed by atoms with van der Waals surface area (Å²) >= 11 is 4.85. The maximum Gasteiger partial charge on any atom is 0.262 e. The van der Waals surface area contributed by atoms with E-state index in [9.17, 15) is 9.59 Å². The van der Waals surface area contributed by atoms with Crippen molar-refractivity contribution >= 4 is 44.1 Å². The van der Waals surface area contributed by atoms with Gasteiger partial charge in [-0.2, -0.15) is 0 Å². The molecule has 0 aliphatic heterocycles. The zero-order chi connectivity index (χ0) is 21.0. The van der Waals surface area contributed by atoms with Gasteiger partial charge in [0, 0.05) is 4.88 Å².